The Bertz CT molecular complexity index is 181. The van der Waals surface area contributed by atoms with E-state index in [9.17, 15) is 14.7 Å². The van der Waals surface area contributed by atoms with E-state index in [2.05, 4.69) is 5.32 Å². The number of carboxylic acid groups (broad SMARTS) is 1. The molecule has 4 nitrogen and oxygen atoms in total. The lowest BCUT2D eigenvalue weighted by molar-refractivity contribution is -0.309. The maximum Gasteiger partial charge on any atom is 0.235 e. The molecule has 0 aliphatic rings. The molecule has 0 aliphatic heterocycles. The third kappa shape index (κ3) is 3.57. The summed E-state index contributed by atoms with van der Waals surface area (Å²) in [6, 6.07) is -0.962. The number of alkyl halides is 1. The van der Waals surface area contributed by atoms with Gasteiger partial charge in [-0.25, -0.2) is 0 Å². The number of nitrogens with one attached hydrogen (secondary N) is 1. The molecule has 70 valence electrons. The molecule has 1 amide bonds. The van der Waals surface area contributed by atoms with Crippen LogP contribution in [0, 0.1) is 5.92 Å². The Morgan fingerprint density at radius 1 is 1.50 bits per heavy atom. The topological polar surface area (TPSA) is 69.2 Å². The fourth-order valence-corrected chi connectivity index (χ4v) is 0.787. The maximum atomic E-state index is 10.7. The van der Waals surface area contributed by atoms with E-state index >= 15 is 0 Å². The Balaban J connectivity index is 4.14. The third-order valence-electron chi connectivity index (χ3n) is 1.36. The van der Waals surface area contributed by atoms with Crippen LogP contribution in [0.5, 0.6) is 0 Å². The lowest BCUT2D eigenvalue weighted by Gasteiger charge is -2.22. The number of aliphatic carboxylic acids is 1. The van der Waals surface area contributed by atoms with Crippen LogP contribution < -0.4 is 10.4 Å². The third-order valence-corrected chi connectivity index (χ3v) is 1.60. The highest BCUT2D eigenvalue weighted by atomic mass is 35.5. The van der Waals surface area contributed by atoms with E-state index in [-0.39, 0.29) is 11.8 Å². The van der Waals surface area contributed by atoms with Gasteiger partial charge < -0.3 is 15.2 Å². The molecule has 0 spiro atoms. The minimum Gasteiger partial charge on any atom is -0.548 e. The Morgan fingerprint density at radius 2 is 2.00 bits per heavy atom. The molecule has 0 bridgehead atoms. The Kier molecular flexibility index (Phi) is 4.66. The van der Waals surface area contributed by atoms with Crippen LogP contribution in [0.3, 0.4) is 0 Å². The largest absolute Gasteiger partial charge is 0.548 e. The van der Waals surface area contributed by atoms with Crippen LogP contribution in [0.4, 0.5) is 0 Å². The van der Waals surface area contributed by atoms with E-state index in [0.29, 0.717) is 0 Å². The SMILES string of the molecule is CC(C)[C@@H](NC(=O)CCl)C(=O)[O-]. The molecule has 0 aromatic carbocycles. The van der Waals surface area contributed by atoms with Crippen LogP contribution in [-0.2, 0) is 9.59 Å². The molecule has 0 rings (SSSR count). The van der Waals surface area contributed by atoms with Crippen molar-refractivity contribution < 1.29 is 14.7 Å². The van der Waals surface area contributed by atoms with Crippen LogP contribution >= 0.6 is 11.6 Å². The van der Waals surface area contributed by atoms with Crippen LogP contribution in [0.2, 0.25) is 0 Å². The Morgan fingerprint density at radius 3 is 2.25 bits per heavy atom. The number of amides is 1. The monoisotopic (exact) mass is 192 g/mol. The second kappa shape index (κ2) is 4.98. The van der Waals surface area contributed by atoms with Crippen molar-refractivity contribution in [1.29, 1.82) is 0 Å². The normalized spacial score (nSPS) is 12.7. The number of hydrogen-bond donors (Lipinski definition) is 1. The quantitative estimate of drug-likeness (QED) is 0.588. The van der Waals surface area contributed by atoms with E-state index < -0.39 is 17.9 Å². The highest BCUT2D eigenvalue weighted by molar-refractivity contribution is 6.27. The van der Waals surface area contributed by atoms with Gasteiger partial charge in [-0.3, -0.25) is 4.79 Å². The summed E-state index contributed by atoms with van der Waals surface area (Å²) < 4.78 is 0. The van der Waals surface area contributed by atoms with Crippen molar-refractivity contribution in [2.24, 2.45) is 5.92 Å². The predicted molar refractivity (Wildman–Crippen MR) is 42.5 cm³/mol. The van der Waals surface area contributed by atoms with Crippen LogP contribution in [-0.4, -0.2) is 23.8 Å². The highest BCUT2D eigenvalue weighted by Gasteiger charge is 2.16. The molecule has 5 heteroatoms. The molecule has 0 heterocycles. The smallest absolute Gasteiger partial charge is 0.235 e. The molecular weight excluding hydrogens is 182 g/mol. The van der Waals surface area contributed by atoms with Crippen molar-refractivity contribution in [2.75, 3.05) is 5.88 Å². The number of carbonyl (C=O) groups is 2. The average Bonchev–Trinajstić information content (AvgIpc) is 1.98. The first-order chi connectivity index (χ1) is 5.49. The zero-order valence-electron chi connectivity index (χ0n) is 6.96. The number of halogens is 1. The Labute approximate surface area is 75.9 Å². The number of carboxylic acids is 1. The zero-order valence-corrected chi connectivity index (χ0v) is 7.72. The van der Waals surface area contributed by atoms with E-state index in [1.165, 1.54) is 0 Å². The standard InChI is InChI=1S/C7H12ClNO3/c1-4(2)6(7(11)12)9-5(10)3-8/h4,6H,3H2,1-2H3,(H,9,10)(H,11,12)/p-1/t6-/m1/s1. The highest BCUT2D eigenvalue weighted by Crippen LogP contribution is 1.99. The number of hydrogen-bond acceptors (Lipinski definition) is 3. The number of rotatable bonds is 4. The van der Waals surface area contributed by atoms with Crippen molar-refractivity contribution in [1.82, 2.24) is 5.32 Å². The van der Waals surface area contributed by atoms with E-state index in [0.717, 1.165) is 0 Å². The fraction of sp³-hybridized carbons (Fsp3) is 0.714. The lowest BCUT2D eigenvalue weighted by atomic mass is 10.1. The van der Waals surface area contributed by atoms with Gasteiger partial charge in [-0.15, -0.1) is 11.6 Å². The molecule has 0 unspecified atom stereocenters. The van der Waals surface area contributed by atoms with Crippen LogP contribution in [0.1, 0.15) is 13.8 Å². The van der Waals surface area contributed by atoms with Gasteiger partial charge in [0.1, 0.15) is 5.88 Å². The molecule has 0 aromatic rings. The summed E-state index contributed by atoms with van der Waals surface area (Å²) in [5.41, 5.74) is 0. The summed E-state index contributed by atoms with van der Waals surface area (Å²) in [4.78, 5) is 21.1. The first-order valence-corrected chi connectivity index (χ1v) is 4.08. The van der Waals surface area contributed by atoms with Gasteiger partial charge in [0.25, 0.3) is 0 Å². The van der Waals surface area contributed by atoms with E-state index in [1.807, 2.05) is 0 Å². The zero-order chi connectivity index (χ0) is 9.72. The summed E-state index contributed by atoms with van der Waals surface area (Å²) in [6.45, 7) is 3.35. The van der Waals surface area contributed by atoms with E-state index in [1.54, 1.807) is 13.8 Å². The van der Waals surface area contributed by atoms with Gasteiger partial charge in [-0.1, -0.05) is 13.8 Å². The van der Waals surface area contributed by atoms with Crippen molar-refractivity contribution in [3.05, 3.63) is 0 Å². The molecule has 1 N–H and O–H groups in total. The molecule has 0 fully saturated rings. The second-order valence-corrected chi connectivity index (χ2v) is 3.01. The van der Waals surface area contributed by atoms with Gasteiger partial charge in [0.2, 0.25) is 5.91 Å². The summed E-state index contributed by atoms with van der Waals surface area (Å²) in [5, 5.41) is 12.7. The summed E-state index contributed by atoms with van der Waals surface area (Å²) in [7, 11) is 0. The second-order valence-electron chi connectivity index (χ2n) is 2.74. The van der Waals surface area contributed by atoms with Gasteiger partial charge in [0.05, 0.1) is 12.0 Å². The maximum absolute atomic E-state index is 10.7. The first kappa shape index (κ1) is 11.2. The predicted octanol–water partition coefficient (Wildman–Crippen LogP) is -0.884. The molecular formula is C7H11ClNO3-. The molecule has 0 saturated carbocycles. The fourth-order valence-electron chi connectivity index (χ4n) is 0.710. The first-order valence-electron chi connectivity index (χ1n) is 3.55. The molecule has 0 aliphatic carbocycles. The van der Waals surface area contributed by atoms with Crippen LogP contribution in [0.25, 0.3) is 0 Å². The number of carbonyl (C=O) groups excluding carboxylic acids is 2. The van der Waals surface area contributed by atoms with Gasteiger partial charge in [0.15, 0.2) is 0 Å². The molecule has 12 heavy (non-hydrogen) atoms. The summed E-state index contributed by atoms with van der Waals surface area (Å²) >= 11 is 5.18. The lowest BCUT2D eigenvalue weighted by Crippen LogP contribution is -2.51. The van der Waals surface area contributed by atoms with Gasteiger partial charge in [-0.2, -0.15) is 0 Å². The summed E-state index contributed by atoms with van der Waals surface area (Å²) in [6.07, 6.45) is 0. The minimum atomic E-state index is -1.29. The molecule has 0 saturated heterocycles. The Hall–Kier alpha value is -0.770. The molecule has 0 radical (unpaired) electrons. The van der Waals surface area contributed by atoms with Gasteiger partial charge in [-0.05, 0) is 5.92 Å². The van der Waals surface area contributed by atoms with Crippen LogP contribution in [0.15, 0.2) is 0 Å². The van der Waals surface area contributed by atoms with Crippen molar-refractivity contribution in [3.63, 3.8) is 0 Å². The molecule has 0 aromatic heterocycles. The molecule has 1 atom stereocenters. The minimum absolute atomic E-state index is 0.206. The average molecular weight is 193 g/mol. The van der Waals surface area contributed by atoms with Crippen molar-refractivity contribution >= 4 is 23.5 Å². The van der Waals surface area contributed by atoms with Gasteiger partial charge >= 0.3 is 0 Å². The van der Waals surface area contributed by atoms with Crippen molar-refractivity contribution in [3.8, 4) is 0 Å². The van der Waals surface area contributed by atoms with E-state index in [4.69, 9.17) is 11.6 Å². The van der Waals surface area contributed by atoms with Crippen molar-refractivity contribution in [2.45, 2.75) is 19.9 Å². The van der Waals surface area contributed by atoms with Gasteiger partial charge in [0, 0.05) is 0 Å². The summed E-state index contributed by atoms with van der Waals surface area (Å²) in [5.74, 6) is -2.23.